The molecule has 5 heteroatoms. The maximum absolute atomic E-state index is 11.4. The van der Waals surface area contributed by atoms with E-state index in [2.05, 4.69) is 0 Å². The van der Waals surface area contributed by atoms with Crippen molar-refractivity contribution in [3.05, 3.63) is 23.8 Å². The Morgan fingerprint density at radius 3 is 2.76 bits per heavy atom. The van der Waals surface area contributed by atoms with Gasteiger partial charge < -0.3 is 20.3 Å². The second-order valence-electron chi connectivity index (χ2n) is 3.50. The van der Waals surface area contributed by atoms with Crippen LogP contribution in [0.2, 0.25) is 0 Å². The molecule has 1 rings (SSSR count). The van der Waals surface area contributed by atoms with Crippen LogP contribution in [0.5, 0.6) is 5.75 Å². The lowest BCUT2D eigenvalue weighted by Gasteiger charge is -2.10. The third kappa shape index (κ3) is 4.42. The lowest BCUT2D eigenvalue weighted by atomic mass is 10.1. The minimum absolute atomic E-state index is 0.0133. The molecule has 94 valence electrons. The maximum Gasteiger partial charge on any atom is 0.163 e. The van der Waals surface area contributed by atoms with E-state index in [-0.39, 0.29) is 19.0 Å². The number of anilines is 1. The Balaban J connectivity index is 2.55. The molecule has 0 aliphatic carbocycles. The highest BCUT2D eigenvalue weighted by molar-refractivity contribution is 5.97. The third-order valence-electron chi connectivity index (χ3n) is 2.10. The molecule has 0 saturated carbocycles. The first-order valence-electron chi connectivity index (χ1n) is 5.37. The summed E-state index contributed by atoms with van der Waals surface area (Å²) in [7, 11) is 0. The normalized spacial score (nSPS) is 10.2. The second-order valence-corrected chi connectivity index (χ2v) is 3.50. The van der Waals surface area contributed by atoms with Crippen LogP contribution in [0.3, 0.4) is 0 Å². The molecule has 0 amide bonds. The maximum atomic E-state index is 11.4. The largest absolute Gasteiger partial charge is 0.490 e. The first-order chi connectivity index (χ1) is 8.15. The number of aliphatic hydroxyl groups excluding tert-OH is 1. The first-order valence-corrected chi connectivity index (χ1v) is 5.37. The molecule has 1 aromatic carbocycles. The molecule has 0 radical (unpaired) electrons. The number of carbonyl (C=O) groups is 1. The molecule has 0 aromatic heterocycles. The lowest BCUT2D eigenvalue weighted by molar-refractivity contribution is 0.0701. The molecular formula is C12H17NO4. The van der Waals surface area contributed by atoms with E-state index in [1.165, 1.54) is 6.92 Å². The smallest absolute Gasteiger partial charge is 0.163 e. The Bertz CT molecular complexity index is 379. The van der Waals surface area contributed by atoms with Gasteiger partial charge in [0.1, 0.15) is 12.4 Å². The van der Waals surface area contributed by atoms with Crippen molar-refractivity contribution < 1.29 is 19.4 Å². The summed E-state index contributed by atoms with van der Waals surface area (Å²) in [6.45, 7) is 2.42. The summed E-state index contributed by atoms with van der Waals surface area (Å²) in [5, 5.41) is 8.51. The van der Waals surface area contributed by atoms with Gasteiger partial charge in [-0.05, 0) is 25.1 Å². The van der Waals surface area contributed by atoms with Gasteiger partial charge >= 0.3 is 0 Å². The molecule has 0 bridgehead atoms. The Morgan fingerprint density at radius 1 is 1.35 bits per heavy atom. The zero-order valence-electron chi connectivity index (χ0n) is 9.81. The number of nitrogen functional groups attached to an aromatic ring is 1. The minimum Gasteiger partial charge on any atom is -0.490 e. The van der Waals surface area contributed by atoms with E-state index in [0.717, 1.165) is 0 Å². The summed E-state index contributed by atoms with van der Waals surface area (Å²) < 4.78 is 10.5. The molecule has 3 N–H and O–H groups in total. The average Bonchev–Trinajstić information content (AvgIpc) is 2.30. The van der Waals surface area contributed by atoms with Crippen molar-refractivity contribution in [1.82, 2.24) is 0 Å². The number of benzene rings is 1. The van der Waals surface area contributed by atoms with Crippen LogP contribution in [-0.4, -0.2) is 37.3 Å². The van der Waals surface area contributed by atoms with Gasteiger partial charge in [-0.25, -0.2) is 0 Å². The van der Waals surface area contributed by atoms with Gasteiger partial charge in [-0.3, -0.25) is 4.79 Å². The van der Waals surface area contributed by atoms with Crippen LogP contribution in [0.25, 0.3) is 0 Å². The van der Waals surface area contributed by atoms with Gasteiger partial charge in [0.05, 0.1) is 25.4 Å². The Hall–Kier alpha value is -1.59. The molecule has 0 unspecified atom stereocenters. The summed E-state index contributed by atoms with van der Waals surface area (Å²) in [6, 6.07) is 4.93. The number of hydrogen-bond acceptors (Lipinski definition) is 5. The van der Waals surface area contributed by atoms with E-state index in [1.807, 2.05) is 0 Å². The van der Waals surface area contributed by atoms with Crippen LogP contribution < -0.4 is 10.5 Å². The van der Waals surface area contributed by atoms with E-state index in [0.29, 0.717) is 30.2 Å². The molecule has 17 heavy (non-hydrogen) atoms. The van der Waals surface area contributed by atoms with Crippen molar-refractivity contribution in [3.63, 3.8) is 0 Å². The quantitative estimate of drug-likeness (QED) is 0.419. The van der Waals surface area contributed by atoms with Crippen molar-refractivity contribution in [1.29, 1.82) is 0 Å². The van der Waals surface area contributed by atoms with E-state index in [9.17, 15) is 4.79 Å². The fraction of sp³-hybridized carbons (Fsp3) is 0.417. The standard InChI is InChI=1S/C12H17NO4/c1-9(15)11-8-10(13)2-3-12(11)17-7-6-16-5-4-14/h2-3,8,14H,4-7,13H2,1H3. The molecule has 1 aromatic rings. The van der Waals surface area contributed by atoms with Crippen molar-refractivity contribution in [3.8, 4) is 5.75 Å². The van der Waals surface area contributed by atoms with E-state index < -0.39 is 0 Å². The van der Waals surface area contributed by atoms with Crippen LogP contribution in [0.15, 0.2) is 18.2 Å². The van der Waals surface area contributed by atoms with E-state index in [4.69, 9.17) is 20.3 Å². The van der Waals surface area contributed by atoms with Crippen LogP contribution in [0.4, 0.5) is 5.69 Å². The fourth-order valence-electron chi connectivity index (χ4n) is 1.33. The van der Waals surface area contributed by atoms with Gasteiger partial charge in [-0.2, -0.15) is 0 Å². The number of Topliss-reactive ketones (excluding diaryl/α,β-unsaturated/α-hetero) is 1. The molecule has 0 aliphatic rings. The first kappa shape index (κ1) is 13.5. The Morgan fingerprint density at radius 2 is 2.12 bits per heavy atom. The van der Waals surface area contributed by atoms with Gasteiger partial charge in [0.15, 0.2) is 5.78 Å². The van der Waals surface area contributed by atoms with Crippen molar-refractivity contribution in [2.24, 2.45) is 0 Å². The Labute approximate surface area is 100 Å². The van der Waals surface area contributed by atoms with Gasteiger partial charge in [0.2, 0.25) is 0 Å². The highest BCUT2D eigenvalue weighted by Gasteiger charge is 2.08. The minimum atomic E-state index is -0.0939. The molecule has 0 aliphatic heterocycles. The van der Waals surface area contributed by atoms with Crippen molar-refractivity contribution in [2.75, 3.05) is 32.2 Å². The van der Waals surface area contributed by atoms with E-state index >= 15 is 0 Å². The van der Waals surface area contributed by atoms with Gasteiger partial charge in [-0.1, -0.05) is 0 Å². The second kappa shape index (κ2) is 6.88. The number of hydrogen-bond donors (Lipinski definition) is 2. The molecule has 0 saturated heterocycles. The van der Waals surface area contributed by atoms with Crippen LogP contribution in [0, 0.1) is 0 Å². The average molecular weight is 239 g/mol. The van der Waals surface area contributed by atoms with Crippen molar-refractivity contribution >= 4 is 11.5 Å². The van der Waals surface area contributed by atoms with Crippen molar-refractivity contribution in [2.45, 2.75) is 6.92 Å². The lowest BCUT2D eigenvalue weighted by Crippen LogP contribution is -2.10. The van der Waals surface area contributed by atoms with Crippen LogP contribution >= 0.6 is 0 Å². The topological polar surface area (TPSA) is 81.8 Å². The number of nitrogens with two attached hydrogens (primary N) is 1. The Kier molecular flexibility index (Phi) is 5.45. The number of ether oxygens (including phenoxy) is 2. The summed E-state index contributed by atoms with van der Waals surface area (Å²) in [4.78, 5) is 11.4. The molecule has 0 heterocycles. The highest BCUT2D eigenvalue weighted by Crippen LogP contribution is 2.21. The molecular weight excluding hydrogens is 222 g/mol. The molecule has 0 spiro atoms. The summed E-state index contributed by atoms with van der Waals surface area (Å²) in [5.74, 6) is 0.405. The van der Waals surface area contributed by atoms with Gasteiger partial charge in [0, 0.05) is 5.69 Å². The number of ketones is 1. The summed E-state index contributed by atoms with van der Waals surface area (Å²) in [5.41, 5.74) is 6.59. The third-order valence-corrected chi connectivity index (χ3v) is 2.10. The zero-order chi connectivity index (χ0) is 12.7. The van der Waals surface area contributed by atoms with E-state index in [1.54, 1.807) is 18.2 Å². The number of rotatable bonds is 7. The fourth-order valence-corrected chi connectivity index (χ4v) is 1.33. The van der Waals surface area contributed by atoms with Crippen LogP contribution in [0.1, 0.15) is 17.3 Å². The van der Waals surface area contributed by atoms with Gasteiger partial charge in [0.25, 0.3) is 0 Å². The SMILES string of the molecule is CC(=O)c1cc(N)ccc1OCCOCCO. The van der Waals surface area contributed by atoms with Crippen LogP contribution in [-0.2, 0) is 4.74 Å². The molecule has 5 nitrogen and oxygen atoms in total. The number of aliphatic hydroxyl groups is 1. The zero-order valence-corrected chi connectivity index (χ0v) is 9.81. The molecule has 0 atom stereocenters. The number of carbonyl (C=O) groups excluding carboxylic acids is 1. The molecule has 0 fully saturated rings. The highest BCUT2D eigenvalue weighted by atomic mass is 16.5. The van der Waals surface area contributed by atoms with Gasteiger partial charge in [-0.15, -0.1) is 0 Å². The monoisotopic (exact) mass is 239 g/mol. The predicted molar refractivity (Wildman–Crippen MR) is 64.3 cm³/mol. The predicted octanol–water partition coefficient (Wildman–Crippen LogP) is 0.859. The summed E-state index contributed by atoms with van der Waals surface area (Å²) >= 11 is 0. The summed E-state index contributed by atoms with van der Waals surface area (Å²) in [6.07, 6.45) is 0.